The Morgan fingerprint density at radius 3 is 2.91 bits per heavy atom. The van der Waals surface area contributed by atoms with Gasteiger partial charge in [0.25, 0.3) is 0 Å². The van der Waals surface area contributed by atoms with Gasteiger partial charge < -0.3 is 4.90 Å². The van der Waals surface area contributed by atoms with E-state index in [1.807, 2.05) is 24.3 Å². The highest BCUT2D eigenvalue weighted by Gasteiger charge is 2.25. The van der Waals surface area contributed by atoms with E-state index in [1.165, 1.54) is 6.26 Å². The number of pyridine rings is 1. The number of rotatable bonds is 3. The second-order valence-corrected chi connectivity index (χ2v) is 7.60. The van der Waals surface area contributed by atoms with E-state index in [4.69, 9.17) is 0 Å². The maximum atomic E-state index is 11.5. The van der Waals surface area contributed by atoms with Crippen LogP contribution in [0.4, 0.5) is 5.69 Å². The molecule has 7 heteroatoms. The Hall–Kier alpha value is -2.17. The van der Waals surface area contributed by atoms with Gasteiger partial charge >= 0.3 is 0 Å². The van der Waals surface area contributed by atoms with Crippen LogP contribution in [-0.2, 0) is 10.0 Å². The van der Waals surface area contributed by atoms with Gasteiger partial charge in [-0.2, -0.15) is 5.26 Å². The predicted molar refractivity (Wildman–Crippen MR) is 89.7 cm³/mol. The van der Waals surface area contributed by atoms with Gasteiger partial charge in [-0.25, -0.2) is 13.1 Å². The standard InChI is InChI=1S/C16H18N4O2S/c1-23(21,22)19-13-5-4-8-20(11-13)16-12(9-17)10-18-15-7-3-2-6-14(15)16/h2-3,6-7,10,13,19H,4-5,8,11H2,1H3/t13-/m0/s1. The molecule has 1 aliphatic heterocycles. The SMILES string of the molecule is CS(=O)(=O)N[C@H]1CCCN(c2c(C#N)cnc3ccccc23)C1. The zero-order chi connectivity index (χ0) is 16.4. The summed E-state index contributed by atoms with van der Waals surface area (Å²) in [5.74, 6) is 0. The molecule has 23 heavy (non-hydrogen) atoms. The molecule has 1 atom stereocenters. The first-order valence-corrected chi connectivity index (χ1v) is 9.37. The minimum absolute atomic E-state index is 0.141. The largest absolute Gasteiger partial charge is 0.368 e. The van der Waals surface area contributed by atoms with Crippen LogP contribution in [0.1, 0.15) is 18.4 Å². The Bertz CT molecular complexity index is 873. The zero-order valence-corrected chi connectivity index (χ0v) is 13.7. The highest BCUT2D eigenvalue weighted by Crippen LogP contribution is 2.31. The van der Waals surface area contributed by atoms with Crippen molar-refractivity contribution in [2.75, 3.05) is 24.2 Å². The number of hydrogen-bond acceptors (Lipinski definition) is 5. The van der Waals surface area contributed by atoms with Crippen LogP contribution < -0.4 is 9.62 Å². The van der Waals surface area contributed by atoms with Crippen LogP contribution in [0.5, 0.6) is 0 Å². The maximum Gasteiger partial charge on any atom is 0.209 e. The lowest BCUT2D eigenvalue weighted by atomic mass is 10.0. The number of piperidine rings is 1. The molecular weight excluding hydrogens is 312 g/mol. The summed E-state index contributed by atoms with van der Waals surface area (Å²) >= 11 is 0. The second-order valence-electron chi connectivity index (χ2n) is 5.82. The van der Waals surface area contributed by atoms with Crippen molar-refractivity contribution in [3.63, 3.8) is 0 Å². The third kappa shape index (κ3) is 3.44. The smallest absolute Gasteiger partial charge is 0.209 e. The number of anilines is 1. The van der Waals surface area contributed by atoms with Crippen LogP contribution in [0, 0.1) is 11.3 Å². The summed E-state index contributed by atoms with van der Waals surface area (Å²) < 4.78 is 25.6. The van der Waals surface area contributed by atoms with Crippen molar-refractivity contribution in [1.82, 2.24) is 9.71 Å². The summed E-state index contributed by atoms with van der Waals surface area (Å²) in [5, 5.41) is 10.4. The number of benzene rings is 1. The fourth-order valence-corrected chi connectivity index (χ4v) is 3.93. The fourth-order valence-electron chi connectivity index (χ4n) is 3.13. The minimum Gasteiger partial charge on any atom is -0.368 e. The highest BCUT2D eigenvalue weighted by molar-refractivity contribution is 7.88. The molecule has 1 saturated heterocycles. The Balaban J connectivity index is 2.00. The van der Waals surface area contributed by atoms with Gasteiger partial charge in [0, 0.05) is 30.7 Å². The molecule has 0 bridgehead atoms. The fraction of sp³-hybridized carbons (Fsp3) is 0.375. The molecule has 1 N–H and O–H groups in total. The Labute approximate surface area is 135 Å². The average molecular weight is 330 g/mol. The molecular formula is C16H18N4O2S. The van der Waals surface area contributed by atoms with Crippen molar-refractivity contribution in [1.29, 1.82) is 5.26 Å². The molecule has 0 radical (unpaired) electrons. The van der Waals surface area contributed by atoms with Crippen LogP contribution in [-0.4, -0.2) is 38.8 Å². The number of nitrogens with one attached hydrogen (secondary N) is 1. The van der Waals surface area contributed by atoms with Gasteiger partial charge in [0.2, 0.25) is 10.0 Å². The number of sulfonamides is 1. The van der Waals surface area contributed by atoms with E-state index in [-0.39, 0.29) is 6.04 Å². The van der Waals surface area contributed by atoms with Gasteiger partial charge in [-0.1, -0.05) is 18.2 Å². The van der Waals surface area contributed by atoms with Crippen molar-refractivity contribution < 1.29 is 8.42 Å². The molecule has 0 saturated carbocycles. The van der Waals surface area contributed by atoms with Gasteiger partial charge in [0.1, 0.15) is 6.07 Å². The van der Waals surface area contributed by atoms with Gasteiger partial charge in [-0.3, -0.25) is 4.98 Å². The zero-order valence-electron chi connectivity index (χ0n) is 12.9. The van der Waals surface area contributed by atoms with E-state index >= 15 is 0 Å². The Morgan fingerprint density at radius 2 is 2.17 bits per heavy atom. The molecule has 2 aromatic rings. The summed E-state index contributed by atoms with van der Waals surface area (Å²) in [4.78, 5) is 6.42. The van der Waals surface area contributed by atoms with E-state index in [9.17, 15) is 13.7 Å². The van der Waals surface area contributed by atoms with Crippen molar-refractivity contribution >= 4 is 26.6 Å². The summed E-state index contributed by atoms with van der Waals surface area (Å²) in [6, 6.07) is 9.76. The number of hydrogen-bond donors (Lipinski definition) is 1. The molecule has 0 spiro atoms. The van der Waals surface area contributed by atoms with Crippen LogP contribution in [0.15, 0.2) is 30.5 Å². The first-order valence-electron chi connectivity index (χ1n) is 7.48. The summed E-state index contributed by atoms with van der Waals surface area (Å²) in [5.41, 5.74) is 2.20. The lowest BCUT2D eigenvalue weighted by Crippen LogP contribution is -2.47. The van der Waals surface area contributed by atoms with Crippen LogP contribution >= 0.6 is 0 Å². The Kier molecular flexibility index (Phi) is 4.20. The molecule has 1 aliphatic rings. The van der Waals surface area contributed by atoms with Crippen molar-refractivity contribution in [3.05, 3.63) is 36.0 Å². The van der Waals surface area contributed by atoms with Gasteiger partial charge in [-0.15, -0.1) is 0 Å². The van der Waals surface area contributed by atoms with E-state index in [0.29, 0.717) is 12.1 Å². The van der Waals surface area contributed by atoms with Gasteiger partial charge in [-0.05, 0) is 18.9 Å². The van der Waals surface area contributed by atoms with Crippen molar-refractivity contribution in [2.24, 2.45) is 0 Å². The average Bonchev–Trinajstić information content (AvgIpc) is 2.52. The first-order chi connectivity index (χ1) is 11.0. The minimum atomic E-state index is -3.24. The number of nitriles is 1. The van der Waals surface area contributed by atoms with Crippen molar-refractivity contribution in [2.45, 2.75) is 18.9 Å². The third-order valence-corrected chi connectivity index (χ3v) is 4.75. The molecule has 120 valence electrons. The summed E-state index contributed by atoms with van der Waals surface area (Å²) in [6.07, 6.45) is 4.43. The number of fused-ring (bicyclic) bond motifs is 1. The second kappa shape index (κ2) is 6.14. The monoisotopic (exact) mass is 330 g/mol. The number of para-hydroxylation sites is 1. The molecule has 1 aromatic carbocycles. The molecule has 0 amide bonds. The quantitative estimate of drug-likeness (QED) is 0.924. The van der Waals surface area contributed by atoms with Gasteiger partial charge in [0.15, 0.2) is 0 Å². The molecule has 2 heterocycles. The van der Waals surface area contributed by atoms with Crippen LogP contribution in [0.3, 0.4) is 0 Å². The summed E-state index contributed by atoms with van der Waals surface area (Å²) in [7, 11) is -3.24. The Morgan fingerprint density at radius 1 is 1.39 bits per heavy atom. The molecule has 0 aliphatic carbocycles. The molecule has 1 fully saturated rings. The van der Waals surface area contributed by atoms with Crippen molar-refractivity contribution in [3.8, 4) is 6.07 Å². The lowest BCUT2D eigenvalue weighted by Gasteiger charge is -2.35. The topological polar surface area (TPSA) is 86.1 Å². The van der Waals surface area contributed by atoms with Crippen LogP contribution in [0.2, 0.25) is 0 Å². The lowest BCUT2D eigenvalue weighted by molar-refractivity contribution is 0.468. The molecule has 6 nitrogen and oxygen atoms in total. The van der Waals surface area contributed by atoms with E-state index < -0.39 is 10.0 Å². The third-order valence-electron chi connectivity index (χ3n) is 3.99. The predicted octanol–water partition coefficient (Wildman–Crippen LogP) is 1.62. The normalized spacial score (nSPS) is 18.8. The van der Waals surface area contributed by atoms with E-state index in [2.05, 4.69) is 20.7 Å². The highest BCUT2D eigenvalue weighted by atomic mass is 32.2. The van der Waals surface area contributed by atoms with E-state index in [0.717, 1.165) is 36.0 Å². The van der Waals surface area contributed by atoms with E-state index in [1.54, 1.807) is 6.20 Å². The number of aromatic nitrogens is 1. The maximum absolute atomic E-state index is 11.5. The molecule has 1 aromatic heterocycles. The summed E-state index contributed by atoms with van der Waals surface area (Å²) in [6.45, 7) is 1.35. The first kappa shape index (κ1) is 15.7. The van der Waals surface area contributed by atoms with Crippen LogP contribution in [0.25, 0.3) is 10.9 Å². The molecule has 0 unspecified atom stereocenters. The van der Waals surface area contributed by atoms with Gasteiger partial charge in [0.05, 0.1) is 23.0 Å². The molecule has 3 rings (SSSR count). The number of nitrogens with zero attached hydrogens (tertiary/aromatic N) is 3.